The van der Waals surface area contributed by atoms with Crippen LogP contribution in [0.2, 0.25) is 0 Å². The lowest BCUT2D eigenvalue weighted by atomic mass is 9.89. The van der Waals surface area contributed by atoms with Crippen molar-refractivity contribution in [2.24, 2.45) is 5.41 Å². The molecule has 0 aliphatic carbocycles. The molecule has 1 unspecified atom stereocenters. The molecule has 0 aromatic rings. The molecular weight excluding hydrogens is 756 g/mol. The molecule has 1 amide bonds. The van der Waals surface area contributed by atoms with Gasteiger partial charge in [0.15, 0.2) is 5.41 Å². The van der Waals surface area contributed by atoms with Crippen molar-refractivity contribution in [2.45, 2.75) is 58.9 Å². The number of nitrogens with one attached hydrogen (secondary N) is 1. The molecule has 0 aromatic carbocycles. The number of amides is 1. The summed E-state index contributed by atoms with van der Waals surface area (Å²) in [4.78, 5) is 121. The fourth-order valence-electron chi connectivity index (χ4n) is 4.94. The van der Waals surface area contributed by atoms with Crippen LogP contribution in [0, 0.1) is 5.41 Å². The van der Waals surface area contributed by atoms with Crippen LogP contribution in [0.1, 0.15) is 52.9 Å². The first-order valence-corrected chi connectivity index (χ1v) is 17.3. The second kappa shape index (κ2) is 27.2. The summed E-state index contributed by atoms with van der Waals surface area (Å²) >= 11 is 0. The molecule has 0 aliphatic heterocycles. The van der Waals surface area contributed by atoms with Crippen molar-refractivity contribution in [3.8, 4) is 0 Å². The molecule has 6 N–H and O–H groups in total. The smallest absolute Gasteiger partial charge is 0.321 e. The van der Waals surface area contributed by atoms with E-state index in [-0.39, 0.29) is 39.3 Å². The highest BCUT2D eigenvalue weighted by Gasteiger charge is 2.43. The van der Waals surface area contributed by atoms with E-state index in [2.05, 4.69) is 5.32 Å². The van der Waals surface area contributed by atoms with Gasteiger partial charge in [-0.25, -0.2) is 0 Å². The molecule has 318 valence electrons. The molecule has 0 spiro atoms. The summed E-state index contributed by atoms with van der Waals surface area (Å²) < 4.78 is 20.2. The molecule has 0 rings (SSSR count). The third-order valence-corrected chi connectivity index (χ3v) is 7.68. The van der Waals surface area contributed by atoms with E-state index in [1.54, 1.807) is 0 Å². The number of nitrogens with zero attached hydrogens (tertiary/aromatic N) is 3. The van der Waals surface area contributed by atoms with Crippen molar-refractivity contribution >= 4 is 59.6 Å². The molecule has 23 heteroatoms. The second-order valence-corrected chi connectivity index (χ2v) is 12.6. The number of carbonyl (C=O) groups excluding carboxylic acids is 5. The average Bonchev–Trinajstić information content (AvgIpc) is 3.06. The Morgan fingerprint density at radius 2 is 0.946 bits per heavy atom. The van der Waals surface area contributed by atoms with Gasteiger partial charge in [0.1, 0.15) is 25.9 Å². The summed E-state index contributed by atoms with van der Waals surface area (Å²) in [6.07, 6.45) is 1.04. The summed E-state index contributed by atoms with van der Waals surface area (Å²) in [6.45, 7) is -2.32. The third-order valence-electron chi connectivity index (χ3n) is 7.68. The fourth-order valence-corrected chi connectivity index (χ4v) is 4.94. The van der Waals surface area contributed by atoms with Crippen molar-refractivity contribution in [1.29, 1.82) is 0 Å². The second-order valence-electron chi connectivity index (χ2n) is 12.6. The lowest BCUT2D eigenvalue weighted by Crippen LogP contribution is -2.51. The zero-order valence-corrected chi connectivity index (χ0v) is 31.6. The first kappa shape index (κ1) is 50.6. The molecule has 0 radical (unpaired) electrons. The van der Waals surface area contributed by atoms with E-state index in [1.807, 2.05) is 0 Å². The average molecular weight is 809 g/mol. The van der Waals surface area contributed by atoms with E-state index >= 15 is 0 Å². The van der Waals surface area contributed by atoms with E-state index in [1.165, 1.54) is 4.90 Å². The van der Waals surface area contributed by atoms with Crippen molar-refractivity contribution < 1.29 is 92.4 Å². The van der Waals surface area contributed by atoms with E-state index in [4.69, 9.17) is 39.4 Å². The van der Waals surface area contributed by atoms with E-state index in [9.17, 15) is 53.1 Å². The van der Waals surface area contributed by atoms with Gasteiger partial charge in [-0.1, -0.05) is 6.42 Å². The maximum absolute atomic E-state index is 13.1. The molecule has 0 aliphatic rings. The van der Waals surface area contributed by atoms with Crippen LogP contribution in [0.3, 0.4) is 0 Å². The Bertz CT molecular complexity index is 1260. The Balaban J connectivity index is 5.39. The number of carbonyl (C=O) groups is 10. The monoisotopic (exact) mass is 808 g/mol. The largest absolute Gasteiger partial charge is 0.480 e. The normalized spacial score (nSPS) is 11.8. The van der Waals surface area contributed by atoms with Gasteiger partial charge in [-0.15, -0.1) is 0 Å². The van der Waals surface area contributed by atoms with Crippen LogP contribution in [-0.4, -0.2) is 191 Å². The number of rotatable bonds is 32. The molecule has 0 bridgehead atoms. The fraction of sp³-hybridized carbons (Fsp3) is 0.697. The number of hydrogen-bond donors (Lipinski definition) is 6. The van der Waals surface area contributed by atoms with Crippen LogP contribution >= 0.6 is 0 Å². The van der Waals surface area contributed by atoms with E-state index < -0.39 is 124 Å². The van der Waals surface area contributed by atoms with Crippen LogP contribution in [-0.2, 0) is 66.9 Å². The molecular formula is C33H52N4O19. The van der Waals surface area contributed by atoms with Crippen LogP contribution in [0.5, 0.6) is 0 Å². The highest BCUT2D eigenvalue weighted by atomic mass is 16.6. The molecule has 0 saturated heterocycles. The maximum atomic E-state index is 13.1. The Morgan fingerprint density at radius 1 is 0.554 bits per heavy atom. The van der Waals surface area contributed by atoms with Crippen LogP contribution in [0.25, 0.3) is 0 Å². The highest BCUT2D eigenvalue weighted by molar-refractivity contribution is 5.84. The topological polar surface area (TPSA) is 331 Å². The Kier molecular flexibility index (Phi) is 24.6. The first-order chi connectivity index (χ1) is 26.2. The molecule has 23 nitrogen and oxygen atoms in total. The van der Waals surface area contributed by atoms with E-state index in [0.717, 1.165) is 30.6 Å². The number of ether oxygens (including phenoxy) is 4. The van der Waals surface area contributed by atoms with Crippen molar-refractivity contribution in [1.82, 2.24) is 20.0 Å². The lowest BCUT2D eigenvalue weighted by Gasteiger charge is -2.32. The minimum Gasteiger partial charge on any atom is -0.480 e. The Morgan fingerprint density at radius 3 is 1.30 bits per heavy atom. The number of esters is 4. The van der Waals surface area contributed by atoms with Gasteiger partial charge in [0, 0.05) is 53.5 Å². The molecule has 1 atom stereocenters. The van der Waals surface area contributed by atoms with Crippen LogP contribution in [0.4, 0.5) is 0 Å². The molecule has 0 fully saturated rings. The summed E-state index contributed by atoms with van der Waals surface area (Å²) in [5.74, 6) is -10.8. The number of hydrogen-bond acceptors (Lipinski definition) is 17. The summed E-state index contributed by atoms with van der Waals surface area (Å²) in [5, 5.41) is 49.3. The zero-order valence-electron chi connectivity index (χ0n) is 31.6. The first-order valence-electron chi connectivity index (χ1n) is 17.3. The Hall–Kier alpha value is -5.42. The summed E-state index contributed by atoms with van der Waals surface area (Å²) in [6, 6.07) is -1.60. The van der Waals surface area contributed by atoms with Gasteiger partial charge >= 0.3 is 53.7 Å². The van der Waals surface area contributed by atoms with Crippen molar-refractivity contribution in [3.63, 3.8) is 0 Å². The van der Waals surface area contributed by atoms with Gasteiger partial charge in [0.25, 0.3) is 0 Å². The third kappa shape index (κ3) is 24.1. The van der Waals surface area contributed by atoms with Crippen LogP contribution in [0.15, 0.2) is 0 Å². The van der Waals surface area contributed by atoms with Gasteiger partial charge in [-0.2, -0.15) is 0 Å². The Labute approximate surface area is 321 Å². The van der Waals surface area contributed by atoms with E-state index in [0.29, 0.717) is 25.7 Å². The SMILES string of the molecule is CC(=O)OCC(COC(C)=O)(COC(C)=O)C(=O)NCCCCCCOC(=O)CC(C(=O)O)N(CCN(CC(=O)O)CC(=O)O)CCN(CC(=O)O)CC(=O)O. The van der Waals surface area contributed by atoms with Gasteiger partial charge in [-0.3, -0.25) is 62.6 Å². The van der Waals surface area contributed by atoms with Crippen molar-refractivity contribution in [3.05, 3.63) is 0 Å². The number of carboxylic acids is 5. The zero-order chi connectivity index (χ0) is 42.8. The number of aliphatic carboxylic acids is 5. The van der Waals surface area contributed by atoms with Crippen LogP contribution < -0.4 is 5.32 Å². The minimum atomic E-state index is -1.72. The summed E-state index contributed by atoms with van der Waals surface area (Å²) in [5.41, 5.74) is -1.72. The number of carboxylic acid groups (broad SMARTS) is 5. The standard InChI is InChI=1S/C33H52N4O19/c1-22(38)54-19-33(20-55-23(2)39,21-56-24(3)40)32(52)34-8-6-4-5-7-13-53-30(49)14-25(31(50)51)37(11-9-35(15-26(41)42)16-27(43)44)12-10-36(17-28(45)46)18-29(47)48/h25H,4-21H2,1-3H3,(H,34,52)(H,41,42)(H,43,44)(H,45,46)(H,47,48)(H,50,51). The maximum Gasteiger partial charge on any atom is 0.321 e. The lowest BCUT2D eigenvalue weighted by molar-refractivity contribution is -0.165. The molecule has 0 heterocycles. The molecule has 0 aromatic heterocycles. The minimum absolute atomic E-state index is 0.115. The predicted molar refractivity (Wildman–Crippen MR) is 186 cm³/mol. The van der Waals surface area contributed by atoms with Gasteiger partial charge in [0.2, 0.25) is 5.91 Å². The van der Waals surface area contributed by atoms with Gasteiger partial charge < -0.3 is 49.8 Å². The van der Waals surface area contributed by atoms with Crippen molar-refractivity contribution in [2.75, 3.05) is 85.3 Å². The quantitative estimate of drug-likeness (QED) is 0.0242. The highest BCUT2D eigenvalue weighted by Crippen LogP contribution is 2.21. The molecule has 0 saturated carbocycles. The predicted octanol–water partition coefficient (Wildman–Crippen LogP) is -2.03. The molecule has 56 heavy (non-hydrogen) atoms. The van der Waals surface area contributed by atoms with Gasteiger partial charge in [0.05, 0.1) is 39.2 Å². The summed E-state index contributed by atoms with van der Waals surface area (Å²) in [7, 11) is 0. The number of unbranched alkanes of at least 4 members (excludes halogenated alkanes) is 3. The van der Waals surface area contributed by atoms with Gasteiger partial charge in [-0.05, 0) is 19.3 Å².